The Hall–Kier alpha value is -1.34. The molecule has 1 heteroatoms. The second kappa shape index (κ2) is 6.17. The highest BCUT2D eigenvalue weighted by Gasteiger charge is 2.00. The molecule has 0 aliphatic rings. The van der Waals surface area contributed by atoms with Crippen molar-refractivity contribution in [2.45, 2.75) is 6.54 Å². The molecule has 0 saturated heterocycles. The van der Waals surface area contributed by atoms with Crippen LogP contribution in [0.25, 0.3) is 0 Å². The van der Waals surface area contributed by atoms with E-state index in [9.17, 15) is 0 Å². The summed E-state index contributed by atoms with van der Waals surface area (Å²) in [5, 5.41) is 0. The van der Waals surface area contributed by atoms with Gasteiger partial charge in [0.15, 0.2) is 0 Å². The van der Waals surface area contributed by atoms with Crippen molar-refractivity contribution in [1.82, 2.24) is 4.90 Å². The number of hydrogen-bond acceptors (Lipinski definition) is 1. The van der Waals surface area contributed by atoms with Crippen LogP contribution in [0.2, 0.25) is 0 Å². The Morgan fingerprint density at radius 2 is 1.71 bits per heavy atom. The molecule has 0 heterocycles. The largest absolute Gasteiger partial charge is 0.292 e. The van der Waals surface area contributed by atoms with E-state index in [1.807, 2.05) is 24.3 Å². The van der Waals surface area contributed by atoms with E-state index in [0.717, 1.165) is 19.6 Å². The maximum Gasteiger partial charge on any atom is 0.0240 e. The zero-order chi connectivity index (χ0) is 10.2. The molecule has 0 atom stereocenters. The van der Waals surface area contributed by atoms with Crippen molar-refractivity contribution >= 4 is 0 Å². The number of hydrogen-bond donors (Lipinski definition) is 0. The molecular formula is C13H16N. The van der Waals surface area contributed by atoms with Crippen LogP contribution < -0.4 is 0 Å². The van der Waals surface area contributed by atoms with Crippen LogP contribution in [0.5, 0.6) is 0 Å². The van der Waals surface area contributed by atoms with Gasteiger partial charge in [0, 0.05) is 19.6 Å². The molecule has 0 aliphatic heterocycles. The van der Waals surface area contributed by atoms with Gasteiger partial charge in [-0.1, -0.05) is 36.4 Å². The summed E-state index contributed by atoms with van der Waals surface area (Å²) in [5.74, 6) is 0. The lowest BCUT2D eigenvalue weighted by Crippen LogP contribution is -2.23. The van der Waals surface area contributed by atoms with Crippen molar-refractivity contribution in [3.05, 3.63) is 61.2 Å². The summed E-state index contributed by atoms with van der Waals surface area (Å²) in [5.41, 5.74) is 1.30. The third-order valence-corrected chi connectivity index (χ3v) is 1.97. The van der Waals surface area contributed by atoms with Gasteiger partial charge in [0.05, 0.1) is 0 Å². The van der Waals surface area contributed by atoms with E-state index in [0.29, 0.717) is 0 Å². The van der Waals surface area contributed by atoms with Crippen molar-refractivity contribution in [1.29, 1.82) is 0 Å². The Labute approximate surface area is 86.4 Å². The first-order valence-corrected chi connectivity index (χ1v) is 4.76. The van der Waals surface area contributed by atoms with Gasteiger partial charge in [-0.25, -0.2) is 0 Å². The van der Waals surface area contributed by atoms with Gasteiger partial charge < -0.3 is 0 Å². The molecule has 0 aromatic heterocycles. The fourth-order valence-electron chi connectivity index (χ4n) is 1.35. The quantitative estimate of drug-likeness (QED) is 0.617. The van der Waals surface area contributed by atoms with Crippen molar-refractivity contribution < 1.29 is 0 Å². The van der Waals surface area contributed by atoms with Gasteiger partial charge in [-0.05, 0) is 11.6 Å². The van der Waals surface area contributed by atoms with Crippen molar-refractivity contribution in [3.63, 3.8) is 0 Å². The van der Waals surface area contributed by atoms with E-state index in [1.165, 1.54) is 5.56 Å². The molecule has 1 rings (SSSR count). The molecule has 1 aromatic carbocycles. The molecule has 0 spiro atoms. The molecule has 0 amide bonds. The lowest BCUT2D eigenvalue weighted by atomic mass is 10.2. The molecule has 1 nitrogen and oxygen atoms in total. The smallest absolute Gasteiger partial charge is 0.0240 e. The highest BCUT2D eigenvalue weighted by Crippen LogP contribution is 2.03. The number of benzene rings is 1. The van der Waals surface area contributed by atoms with Crippen molar-refractivity contribution in [2.24, 2.45) is 0 Å². The van der Waals surface area contributed by atoms with E-state index < -0.39 is 0 Å². The number of nitrogens with zero attached hydrogens (tertiary/aromatic N) is 1. The van der Waals surface area contributed by atoms with Crippen LogP contribution in [0.15, 0.2) is 49.6 Å². The molecule has 14 heavy (non-hydrogen) atoms. The molecule has 0 unspecified atom stereocenters. The molecule has 1 radical (unpaired) electrons. The second-order valence-corrected chi connectivity index (χ2v) is 3.18. The van der Waals surface area contributed by atoms with E-state index >= 15 is 0 Å². The van der Waals surface area contributed by atoms with Gasteiger partial charge in [0.25, 0.3) is 0 Å². The third kappa shape index (κ3) is 3.58. The lowest BCUT2D eigenvalue weighted by Gasteiger charge is -2.18. The minimum Gasteiger partial charge on any atom is -0.292 e. The van der Waals surface area contributed by atoms with Gasteiger partial charge in [-0.2, -0.15) is 0 Å². The molecule has 0 bridgehead atoms. The predicted octanol–water partition coefficient (Wildman–Crippen LogP) is 2.66. The molecular weight excluding hydrogens is 170 g/mol. The standard InChI is InChI=1S/C13H16N/c1-3-10-14(11-4-2)12-13-8-6-5-7-9-13/h3-4,6-9H,1-2,10-12H2. The van der Waals surface area contributed by atoms with E-state index in [2.05, 4.69) is 36.3 Å². The normalized spacial score (nSPS) is 10.1. The van der Waals surface area contributed by atoms with Crippen LogP contribution in [0.1, 0.15) is 5.56 Å². The number of rotatable bonds is 6. The second-order valence-electron chi connectivity index (χ2n) is 3.18. The minimum atomic E-state index is 0.893. The first-order chi connectivity index (χ1) is 6.86. The Kier molecular flexibility index (Phi) is 4.73. The van der Waals surface area contributed by atoms with Crippen molar-refractivity contribution in [3.8, 4) is 0 Å². The summed E-state index contributed by atoms with van der Waals surface area (Å²) >= 11 is 0. The molecule has 0 N–H and O–H groups in total. The zero-order valence-corrected chi connectivity index (χ0v) is 8.45. The first kappa shape index (κ1) is 10.7. The Bertz CT molecular complexity index is 267. The summed E-state index contributed by atoms with van der Waals surface area (Å²) in [7, 11) is 0. The monoisotopic (exact) mass is 186 g/mol. The van der Waals surface area contributed by atoms with Crippen LogP contribution in [-0.4, -0.2) is 18.0 Å². The van der Waals surface area contributed by atoms with Crippen molar-refractivity contribution in [2.75, 3.05) is 13.1 Å². The topological polar surface area (TPSA) is 3.24 Å². The summed E-state index contributed by atoms with van der Waals surface area (Å²) in [6, 6.07) is 11.1. The fourth-order valence-corrected chi connectivity index (χ4v) is 1.35. The molecule has 0 aliphatic carbocycles. The zero-order valence-electron chi connectivity index (χ0n) is 8.45. The summed E-state index contributed by atoms with van der Waals surface area (Å²) in [4.78, 5) is 2.27. The molecule has 0 saturated carbocycles. The van der Waals surface area contributed by atoms with E-state index in [1.54, 1.807) is 0 Å². The van der Waals surface area contributed by atoms with E-state index in [4.69, 9.17) is 0 Å². The molecule has 0 fully saturated rings. The highest BCUT2D eigenvalue weighted by atomic mass is 15.1. The van der Waals surface area contributed by atoms with Gasteiger partial charge >= 0.3 is 0 Å². The van der Waals surface area contributed by atoms with Crippen LogP contribution in [-0.2, 0) is 6.54 Å². The average molecular weight is 186 g/mol. The Morgan fingerprint density at radius 1 is 1.14 bits per heavy atom. The molecule has 1 aromatic rings. The first-order valence-electron chi connectivity index (χ1n) is 4.76. The van der Waals surface area contributed by atoms with Gasteiger partial charge in [-0.3, -0.25) is 4.90 Å². The Balaban J connectivity index is 2.54. The predicted molar refractivity (Wildman–Crippen MR) is 60.9 cm³/mol. The summed E-state index contributed by atoms with van der Waals surface area (Å²) in [6.07, 6.45) is 3.83. The van der Waals surface area contributed by atoms with Crippen LogP contribution in [0.3, 0.4) is 0 Å². The fraction of sp³-hybridized carbons (Fsp3) is 0.231. The van der Waals surface area contributed by atoms with E-state index in [-0.39, 0.29) is 0 Å². The Morgan fingerprint density at radius 3 is 2.21 bits per heavy atom. The summed E-state index contributed by atoms with van der Waals surface area (Å²) < 4.78 is 0. The highest BCUT2D eigenvalue weighted by molar-refractivity contribution is 5.13. The van der Waals surface area contributed by atoms with Crippen LogP contribution >= 0.6 is 0 Å². The van der Waals surface area contributed by atoms with Gasteiger partial charge in [0.2, 0.25) is 0 Å². The maximum atomic E-state index is 3.74. The third-order valence-electron chi connectivity index (χ3n) is 1.97. The lowest BCUT2D eigenvalue weighted by molar-refractivity contribution is 0.328. The maximum absolute atomic E-state index is 3.74. The minimum absolute atomic E-state index is 0.893. The summed E-state index contributed by atoms with van der Waals surface area (Å²) in [6.45, 7) is 10.2. The van der Waals surface area contributed by atoms with Gasteiger partial charge in [0.1, 0.15) is 0 Å². The molecule has 73 valence electrons. The van der Waals surface area contributed by atoms with Gasteiger partial charge in [-0.15, -0.1) is 13.2 Å². The van der Waals surface area contributed by atoms with Crippen LogP contribution in [0.4, 0.5) is 0 Å². The SMILES string of the molecule is C=CCN(CC=C)Cc1cc[c]cc1. The van der Waals surface area contributed by atoms with Crippen LogP contribution in [0, 0.1) is 6.07 Å². The average Bonchev–Trinajstić information content (AvgIpc) is 2.20.